The molecule has 0 aliphatic rings. The van der Waals surface area contributed by atoms with Crippen LogP contribution in [0.5, 0.6) is 5.75 Å². The van der Waals surface area contributed by atoms with Crippen LogP contribution in [0.25, 0.3) is 0 Å². The van der Waals surface area contributed by atoms with E-state index in [9.17, 15) is 8.78 Å². The van der Waals surface area contributed by atoms with E-state index < -0.39 is 5.82 Å². The highest BCUT2D eigenvalue weighted by atomic mass is 79.9. The molecule has 0 saturated heterocycles. The third kappa shape index (κ3) is 3.41. The molecule has 21 heavy (non-hydrogen) atoms. The van der Waals surface area contributed by atoms with Crippen LogP contribution in [0.4, 0.5) is 8.78 Å². The van der Waals surface area contributed by atoms with Gasteiger partial charge < -0.3 is 10.1 Å². The summed E-state index contributed by atoms with van der Waals surface area (Å²) in [7, 11) is 1.42. The van der Waals surface area contributed by atoms with Crippen molar-refractivity contribution >= 4 is 15.9 Å². The number of rotatable bonds is 5. The standard InChI is InChI=1S/C16H16BrF2NO/c1-3-20-16(11-5-4-6-12(18)15(11)17)10-7-8-14(21-2)13(19)9-10/h4-9,16,20H,3H2,1-2H3. The van der Waals surface area contributed by atoms with E-state index in [-0.39, 0.29) is 17.6 Å². The Balaban J connectivity index is 2.48. The van der Waals surface area contributed by atoms with Gasteiger partial charge in [-0.1, -0.05) is 25.1 Å². The SMILES string of the molecule is CCNC(c1ccc(OC)c(F)c1)c1cccc(F)c1Br. The first kappa shape index (κ1) is 15.9. The minimum atomic E-state index is -0.439. The number of methoxy groups -OCH3 is 1. The van der Waals surface area contributed by atoms with Crippen LogP contribution < -0.4 is 10.1 Å². The molecule has 1 atom stereocenters. The summed E-state index contributed by atoms with van der Waals surface area (Å²) < 4.78 is 32.9. The summed E-state index contributed by atoms with van der Waals surface area (Å²) in [6.45, 7) is 2.61. The van der Waals surface area contributed by atoms with Crippen LogP contribution >= 0.6 is 15.9 Å². The predicted molar refractivity (Wildman–Crippen MR) is 82.6 cm³/mol. The van der Waals surface area contributed by atoms with Crippen molar-refractivity contribution in [3.63, 3.8) is 0 Å². The Hall–Kier alpha value is -1.46. The maximum atomic E-state index is 13.9. The van der Waals surface area contributed by atoms with Gasteiger partial charge in [-0.2, -0.15) is 0 Å². The van der Waals surface area contributed by atoms with E-state index in [4.69, 9.17) is 4.74 Å². The van der Waals surface area contributed by atoms with E-state index in [1.54, 1.807) is 18.2 Å². The van der Waals surface area contributed by atoms with E-state index in [1.165, 1.54) is 19.2 Å². The molecule has 0 bridgehead atoms. The molecule has 1 N–H and O–H groups in total. The summed E-state index contributed by atoms with van der Waals surface area (Å²) in [5, 5.41) is 3.24. The largest absolute Gasteiger partial charge is 0.494 e. The summed E-state index contributed by atoms with van der Waals surface area (Å²) in [4.78, 5) is 0. The fourth-order valence-electron chi connectivity index (χ4n) is 2.22. The zero-order valence-corrected chi connectivity index (χ0v) is 13.4. The Kier molecular flexibility index (Phi) is 5.31. The second-order valence-corrected chi connectivity index (χ2v) is 5.32. The first-order valence-corrected chi connectivity index (χ1v) is 7.38. The molecule has 0 aliphatic carbocycles. The first-order chi connectivity index (χ1) is 10.1. The molecule has 2 aromatic carbocycles. The van der Waals surface area contributed by atoms with Gasteiger partial charge >= 0.3 is 0 Å². The molecule has 0 fully saturated rings. The Labute approximate surface area is 131 Å². The molecule has 2 nitrogen and oxygen atoms in total. The molecule has 1 unspecified atom stereocenters. The Morgan fingerprint density at radius 1 is 1.19 bits per heavy atom. The summed E-state index contributed by atoms with van der Waals surface area (Å²) >= 11 is 3.26. The lowest BCUT2D eigenvalue weighted by atomic mass is 9.98. The zero-order chi connectivity index (χ0) is 15.4. The number of ether oxygens (including phenoxy) is 1. The van der Waals surface area contributed by atoms with Crippen molar-refractivity contribution in [2.75, 3.05) is 13.7 Å². The summed E-state index contributed by atoms with van der Waals surface area (Å²) in [5.74, 6) is -0.595. The van der Waals surface area contributed by atoms with Gasteiger partial charge in [-0.3, -0.25) is 0 Å². The average molecular weight is 356 g/mol. The molecule has 0 aliphatic heterocycles. The highest BCUT2D eigenvalue weighted by Crippen LogP contribution is 2.32. The Morgan fingerprint density at radius 3 is 2.57 bits per heavy atom. The van der Waals surface area contributed by atoms with Gasteiger partial charge in [-0.05, 0) is 51.8 Å². The maximum absolute atomic E-state index is 13.9. The summed E-state index contributed by atoms with van der Waals surface area (Å²) in [6.07, 6.45) is 0. The van der Waals surface area contributed by atoms with Crippen molar-refractivity contribution < 1.29 is 13.5 Å². The van der Waals surface area contributed by atoms with Gasteiger partial charge in [0.15, 0.2) is 11.6 Å². The summed E-state index contributed by atoms with van der Waals surface area (Å²) in [6, 6.07) is 9.27. The first-order valence-electron chi connectivity index (χ1n) is 6.59. The van der Waals surface area contributed by atoms with Crippen LogP contribution in [-0.4, -0.2) is 13.7 Å². The Morgan fingerprint density at radius 2 is 1.95 bits per heavy atom. The van der Waals surface area contributed by atoms with Gasteiger partial charge in [0.25, 0.3) is 0 Å². The third-order valence-corrected chi connectivity index (χ3v) is 4.05. The highest BCUT2D eigenvalue weighted by molar-refractivity contribution is 9.10. The van der Waals surface area contributed by atoms with E-state index in [0.717, 1.165) is 5.56 Å². The second kappa shape index (κ2) is 7.00. The van der Waals surface area contributed by atoms with Crippen LogP contribution in [0.2, 0.25) is 0 Å². The molecule has 0 heterocycles. The molecule has 0 saturated carbocycles. The van der Waals surface area contributed by atoms with Crippen LogP contribution in [0.15, 0.2) is 40.9 Å². The van der Waals surface area contributed by atoms with E-state index in [2.05, 4.69) is 21.2 Å². The Bertz CT molecular complexity index is 634. The highest BCUT2D eigenvalue weighted by Gasteiger charge is 2.19. The minimum absolute atomic E-state index is 0.187. The van der Waals surface area contributed by atoms with Crippen LogP contribution in [0, 0.1) is 11.6 Å². The van der Waals surface area contributed by atoms with Gasteiger partial charge in [0, 0.05) is 0 Å². The van der Waals surface area contributed by atoms with Gasteiger partial charge in [-0.25, -0.2) is 8.78 Å². The smallest absolute Gasteiger partial charge is 0.165 e. The molecule has 112 valence electrons. The van der Waals surface area contributed by atoms with E-state index in [0.29, 0.717) is 16.6 Å². The van der Waals surface area contributed by atoms with Crippen molar-refractivity contribution in [2.24, 2.45) is 0 Å². The summed E-state index contributed by atoms with van der Waals surface area (Å²) in [5.41, 5.74) is 1.43. The molecule has 2 rings (SSSR count). The number of nitrogens with one attached hydrogen (secondary N) is 1. The quantitative estimate of drug-likeness (QED) is 0.856. The molecule has 0 spiro atoms. The molecule has 5 heteroatoms. The van der Waals surface area contributed by atoms with Gasteiger partial charge in [-0.15, -0.1) is 0 Å². The molecule has 2 aromatic rings. The topological polar surface area (TPSA) is 21.3 Å². The van der Waals surface area contributed by atoms with Gasteiger partial charge in [0.05, 0.1) is 17.6 Å². The molecular formula is C16H16BrF2NO. The van der Waals surface area contributed by atoms with Crippen LogP contribution in [0.1, 0.15) is 24.1 Å². The van der Waals surface area contributed by atoms with Crippen molar-refractivity contribution in [1.82, 2.24) is 5.32 Å². The van der Waals surface area contributed by atoms with Crippen LogP contribution in [0.3, 0.4) is 0 Å². The lowest BCUT2D eigenvalue weighted by Crippen LogP contribution is -2.22. The molecule has 0 radical (unpaired) electrons. The predicted octanol–water partition coefficient (Wildman–Crippen LogP) is 4.43. The lowest BCUT2D eigenvalue weighted by molar-refractivity contribution is 0.385. The molecular weight excluding hydrogens is 340 g/mol. The van der Waals surface area contributed by atoms with Crippen molar-refractivity contribution in [2.45, 2.75) is 13.0 Å². The van der Waals surface area contributed by atoms with Gasteiger partial charge in [0.1, 0.15) is 5.82 Å². The molecule has 0 aromatic heterocycles. The fraction of sp³-hybridized carbons (Fsp3) is 0.250. The van der Waals surface area contributed by atoms with E-state index in [1.807, 2.05) is 13.0 Å². The zero-order valence-electron chi connectivity index (χ0n) is 11.8. The minimum Gasteiger partial charge on any atom is -0.494 e. The average Bonchev–Trinajstić information content (AvgIpc) is 2.48. The van der Waals surface area contributed by atoms with E-state index >= 15 is 0 Å². The number of hydrogen-bond donors (Lipinski definition) is 1. The molecule has 0 amide bonds. The van der Waals surface area contributed by atoms with Crippen molar-refractivity contribution in [3.05, 3.63) is 63.6 Å². The lowest BCUT2D eigenvalue weighted by Gasteiger charge is -2.21. The number of hydrogen-bond acceptors (Lipinski definition) is 2. The fourth-order valence-corrected chi connectivity index (χ4v) is 2.71. The van der Waals surface area contributed by atoms with Crippen LogP contribution in [-0.2, 0) is 0 Å². The maximum Gasteiger partial charge on any atom is 0.165 e. The van der Waals surface area contributed by atoms with Crippen molar-refractivity contribution in [1.29, 1.82) is 0 Å². The number of benzene rings is 2. The van der Waals surface area contributed by atoms with Gasteiger partial charge in [0.2, 0.25) is 0 Å². The normalized spacial score (nSPS) is 12.2. The third-order valence-electron chi connectivity index (χ3n) is 3.21. The second-order valence-electron chi connectivity index (χ2n) is 4.53. The van der Waals surface area contributed by atoms with Crippen molar-refractivity contribution in [3.8, 4) is 5.75 Å². The number of halogens is 3. The monoisotopic (exact) mass is 355 g/mol.